The highest BCUT2D eigenvalue weighted by atomic mass is 32.2. The van der Waals surface area contributed by atoms with E-state index >= 15 is 0 Å². The van der Waals surface area contributed by atoms with Crippen molar-refractivity contribution in [1.29, 1.82) is 0 Å². The number of aliphatic hydroxyl groups is 1. The number of aromatic nitrogens is 2. The first-order valence-electron chi connectivity index (χ1n) is 17.2. The molecule has 2 amide bonds. The fourth-order valence-electron chi connectivity index (χ4n) is 5.93. The van der Waals surface area contributed by atoms with Gasteiger partial charge in [-0.1, -0.05) is 54.6 Å². The zero-order chi connectivity index (χ0) is 37.3. The van der Waals surface area contributed by atoms with E-state index in [9.17, 15) is 23.1 Å². The number of pyridine rings is 1. The lowest BCUT2D eigenvalue weighted by Crippen LogP contribution is -2.32. The maximum atomic E-state index is 12.8. The number of nitrogens with one attached hydrogen (secondary N) is 4. The van der Waals surface area contributed by atoms with Crippen molar-refractivity contribution in [3.05, 3.63) is 148 Å². The fourth-order valence-corrected chi connectivity index (χ4v) is 6.73. The first kappa shape index (κ1) is 38.1. The van der Waals surface area contributed by atoms with Gasteiger partial charge in [-0.3, -0.25) is 9.59 Å². The standard InChI is InChI=1S/C40H46N6O5S/c1-27(42-26-37(47)35-17-18-38(43-25-35)46-28(2)11-12-29(46)3)19-31-7-5-8-32(20-31)22-39(48)44-23-30-13-15-34(16-14-30)40(49)45-24-33-9-6-10-36(21-33)52(50,51)41-4/h5-18,20-21,25,27,37,41-42,47H,19,22-24,26H2,1-4H3,(H,44,48)(H,45,49)/t27-,37-/m1/s1. The second kappa shape index (κ2) is 17.4. The molecule has 0 radical (unpaired) electrons. The molecule has 5 aromatic rings. The van der Waals surface area contributed by atoms with E-state index in [1.807, 2.05) is 50.2 Å². The number of hydrogen-bond acceptors (Lipinski definition) is 7. The van der Waals surface area contributed by atoms with E-state index in [1.165, 1.54) is 19.2 Å². The summed E-state index contributed by atoms with van der Waals surface area (Å²) in [4.78, 5) is 30.2. The van der Waals surface area contributed by atoms with Crippen molar-refractivity contribution in [2.24, 2.45) is 0 Å². The molecule has 0 fully saturated rings. The van der Waals surface area contributed by atoms with Gasteiger partial charge in [0.25, 0.3) is 5.91 Å². The van der Waals surface area contributed by atoms with Crippen LogP contribution in [-0.4, -0.2) is 54.5 Å². The van der Waals surface area contributed by atoms with Crippen LogP contribution in [0.25, 0.3) is 5.82 Å². The third kappa shape index (κ3) is 10.2. The molecule has 0 aliphatic rings. The Labute approximate surface area is 305 Å². The molecule has 12 heteroatoms. The molecule has 52 heavy (non-hydrogen) atoms. The van der Waals surface area contributed by atoms with Crippen LogP contribution in [0, 0.1) is 13.8 Å². The number of nitrogens with zero attached hydrogens (tertiary/aromatic N) is 2. The Morgan fingerprint density at radius 3 is 2.17 bits per heavy atom. The lowest BCUT2D eigenvalue weighted by molar-refractivity contribution is -0.120. The van der Waals surface area contributed by atoms with Crippen LogP contribution in [0.15, 0.2) is 108 Å². The van der Waals surface area contributed by atoms with E-state index in [4.69, 9.17) is 0 Å². The zero-order valence-electron chi connectivity index (χ0n) is 29.9. The van der Waals surface area contributed by atoms with Gasteiger partial charge in [0.05, 0.1) is 17.4 Å². The Morgan fingerprint density at radius 2 is 1.48 bits per heavy atom. The minimum absolute atomic E-state index is 0.0922. The molecule has 2 atom stereocenters. The van der Waals surface area contributed by atoms with Crippen molar-refractivity contribution in [2.45, 2.75) is 63.7 Å². The molecule has 0 unspecified atom stereocenters. The van der Waals surface area contributed by atoms with Gasteiger partial charge in [0.2, 0.25) is 15.9 Å². The molecule has 5 N–H and O–H groups in total. The summed E-state index contributed by atoms with van der Waals surface area (Å²) in [6, 6.07) is 29.3. The van der Waals surface area contributed by atoms with Crippen LogP contribution in [0.1, 0.15) is 62.6 Å². The Balaban J connectivity index is 1.04. The molecule has 0 bridgehead atoms. The maximum Gasteiger partial charge on any atom is 0.251 e. The number of aliphatic hydroxyl groups excluding tert-OH is 1. The summed E-state index contributed by atoms with van der Waals surface area (Å²) in [5.74, 6) is 0.419. The highest BCUT2D eigenvalue weighted by Gasteiger charge is 2.14. The number of carbonyl (C=O) groups excluding carboxylic acids is 2. The molecular formula is C40H46N6O5S. The van der Waals surface area contributed by atoms with E-state index in [1.54, 1.807) is 42.6 Å². The lowest BCUT2D eigenvalue weighted by atomic mass is 10.0. The fraction of sp³-hybridized carbons (Fsp3) is 0.275. The zero-order valence-corrected chi connectivity index (χ0v) is 30.7. The molecule has 2 heterocycles. The topological polar surface area (TPSA) is 154 Å². The van der Waals surface area contributed by atoms with Crippen molar-refractivity contribution in [1.82, 2.24) is 30.2 Å². The van der Waals surface area contributed by atoms with Crippen LogP contribution in [0.3, 0.4) is 0 Å². The molecule has 2 aromatic heterocycles. The maximum absolute atomic E-state index is 12.8. The van der Waals surface area contributed by atoms with Crippen molar-refractivity contribution in [2.75, 3.05) is 13.6 Å². The highest BCUT2D eigenvalue weighted by Crippen LogP contribution is 2.18. The predicted octanol–water partition coefficient (Wildman–Crippen LogP) is 4.44. The van der Waals surface area contributed by atoms with Gasteiger partial charge >= 0.3 is 0 Å². The molecule has 0 aliphatic carbocycles. The number of rotatable bonds is 16. The largest absolute Gasteiger partial charge is 0.387 e. The molecule has 5 rings (SSSR count). The molecular weight excluding hydrogens is 677 g/mol. The van der Waals surface area contributed by atoms with Crippen LogP contribution in [0.4, 0.5) is 0 Å². The summed E-state index contributed by atoms with van der Waals surface area (Å²) in [6.07, 6.45) is 2.00. The quantitative estimate of drug-likeness (QED) is 0.101. The first-order valence-corrected chi connectivity index (χ1v) is 18.7. The average Bonchev–Trinajstić information content (AvgIpc) is 3.49. The molecule has 11 nitrogen and oxygen atoms in total. The van der Waals surface area contributed by atoms with Gasteiger partial charge in [0.15, 0.2) is 0 Å². The van der Waals surface area contributed by atoms with Gasteiger partial charge in [-0.05, 0) is 99.0 Å². The second-order valence-electron chi connectivity index (χ2n) is 12.9. The molecule has 272 valence electrons. The SMILES string of the molecule is CNS(=O)(=O)c1cccc(CNC(=O)c2ccc(CNC(=O)Cc3cccc(C[C@@H](C)NC[C@@H](O)c4ccc(-n5c(C)ccc5C)nc4)c3)cc2)c1. The number of amides is 2. The van der Waals surface area contributed by atoms with Crippen LogP contribution < -0.4 is 20.7 Å². The number of benzene rings is 3. The number of sulfonamides is 1. The van der Waals surface area contributed by atoms with Gasteiger partial charge in [-0.15, -0.1) is 0 Å². The minimum Gasteiger partial charge on any atom is -0.387 e. The third-order valence-corrected chi connectivity index (χ3v) is 10.3. The van der Waals surface area contributed by atoms with Crippen LogP contribution in [0.2, 0.25) is 0 Å². The molecule has 0 spiro atoms. The number of carbonyl (C=O) groups is 2. The van der Waals surface area contributed by atoms with Gasteiger partial charge in [0, 0.05) is 54.4 Å². The molecule has 0 aliphatic heterocycles. The summed E-state index contributed by atoms with van der Waals surface area (Å²) in [5.41, 5.74) is 6.92. The second-order valence-corrected chi connectivity index (χ2v) is 14.8. The summed E-state index contributed by atoms with van der Waals surface area (Å²) < 4.78 is 28.5. The first-order chi connectivity index (χ1) is 24.9. The van der Waals surface area contributed by atoms with E-state index in [0.29, 0.717) is 24.2 Å². The van der Waals surface area contributed by atoms with E-state index in [0.717, 1.165) is 45.9 Å². The minimum atomic E-state index is -3.58. The Hall–Kier alpha value is -5.14. The van der Waals surface area contributed by atoms with E-state index in [2.05, 4.69) is 49.3 Å². The highest BCUT2D eigenvalue weighted by molar-refractivity contribution is 7.89. The van der Waals surface area contributed by atoms with E-state index in [-0.39, 0.29) is 35.7 Å². The third-order valence-electron chi connectivity index (χ3n) is 8.85. The monoisotopic (exact) mass is 722 g/mol. The van der Waals surface area contributed by atoms with Crippen LogP contribution in [-0.2, 0) is 40.7 Å². The normalized spacial score (nSPS) is 12.6. The van der Waals surface area contributed by atoms with Crippen molar-refractivity contribution < 1.29 is 23.1 Å². The summed E-state index contributed by atoms with van der Waals surface area (Å²) in [6.45, 7) is 7.02. The van der Waals surface area contributed by atoms with Crippen LogP contribution >= 0.6 is 0 Å². The molecule has 0 saturated carbocycles. The predicted molar refractivity (Wildman–Crippen MR) is 201 cm³/mol. The Bertz CT molecular complexity index is 2080. The number of hydrogen-bond donors (Lipinski definition) is 5. The molecule has 3 aromatic carbocycles. The van der Waals surface area contributed by atoms with Gasteiger partial charge in [-0.25, -0.2) is 18.1 Å². The van der Waals surface area contributed by atoms with Gasteiger partial charge < -0.3 is 25.6 Å². The van der Waals surface area contributed by atoms with Gasteiger partial charge in [0.1, 0.15) is 5.82 Å². The van der Waals surface area contributed by atoms with Crippen molar-refractivity contribution >= 4 is 21.8 Å². The smallest absolute Gasteiger partial charge is 0.251 e. The van der Waals surface area contributed by atoms with Crippen molar-refractivity contribution in [3.63, 3.8) is 0 Å². The summed E-state index contributed by atoms with van der Waals surface area (Å²) in [5, 5.41) is 20.0. The lowest BCUT2D eigenvalue weighted by Gasteiger charge is -2.18. The van der Waals surface area contributed by atoms with Gasteiger partial charge in [-0.2, -0.15) is 0 Å². The number of aryl methyl sites for hydroxylation is 2. The van der Waals surface area contributed by atoms with Crippen molar-refractivity contribution in [3.8, 4) is 5.82 Å². The summed E-state index contributed by atoms with van der Waals surface area (Å²) in [7, 11) is -2.23. The molecule has 0 saturated heterocycles. The average molecular weight is 723 g/mol. The summed E-state index contributed by atoms with van der Waals surface area (Å²) >= 11 is 0. The van der Waals surface area contributed by atoms with E-state index < -0.39 is 16.1 Å². The Kier molecular flexibility index (Phi) is 12.7. The Morgan fingerprint density at radius 1 is 0.808 bits per heavy atom. The van der Waals surface area contributed by atoms with Crippen LogP contribution in [0.5, 0.6) is 0 Å².